The number of nitrogens with one attached hydrogen (secondary N) is 1. The lowest BCUT2D eigenvalue weighted by Gasteiger charge is -2.07. The number of phenolic OH excluding ortho intramolecular Hbond substituents is 1. The van der Waals surface area contributed by atoms with Crippen LogP contribution in [0.3, 0.4) is 0 Å². The Labute approximate surface area is 143 Å². The topological polar surface area (TPSA) is 114 Å². The number of hydrogen-bond donors (Lipinski definition) is 2. The summed E-state index contributed by atoms with van der Waals surface area (Å²) in [5, 5.41) is 24.4. The fourth-order valence-electron chi connectivity index (χ4n) is 2.17. The van der Waals surface area contributed by atoms with Crippen molar-refractivity contribution in [3.05, 3.63) is 63.2 Å². The number of amides is 1. The van der Waals surface area contributed by atoms with Gasteiger partial charge in [0.1, 0.15) is 0 Å². The summed E-state index contributed by atoms with van der Waals surface area (Å²) in [4.78, 5) is 22.4. The SMILES string of the molecule is COc1cc(/C(C)=N/NC(=O)c2ccc([N+](=O)[O-])c(C)c2)ccc1O. The van der Waals surface area contributed by atoms with Crippen LogP contribution in [0.15, 0.2) is 41.5 Å². The Morgan fingerprint density at radius 3 is 2.52 bits per heavy atom. The van der Waals surface area contributed by atoms with E-state index in [1.54, 1.807) is 26.0 Å². The van der Waals surface area contributed by atoms with Crippen LogP contribution in [0.2, 0.25) is 0 Å². The number of carbonyl (C=O) groups is 1. The van der Waals surface area contributed by atoms with Gasteiger partial charge in [-0.2, -0.15) is 5.10 Å². The van der Waals surface area contributed by atoms with Crippen LogP contribution in [-0.2, 0) is 0 Å². The van der Waals surface area contributed by atoms with E-state index in [9.17, 15) is 20.0 Å². The van der Waals surface area contributed by atoms with Crippen molar-refractivity contribution in [3.63, 3.8) is 0 Å². The van der Waals surface area contributed by atoms with Gasteiger partial charge < -0.3 is 9.84 Å². The molecule has 2 aromatic rings. The average molecular weight is 343 g/mol. The lowest BCUT2D eigenvalue weighted by molar-refractivity contribution is -0.385. The average Bonchev–Trinajstić information content (AvgIpc) is 2.59. The number of nitro groups is 1. The highest BCUT2D eigenvalue weighted by molar-refractivity contribution is 6.01. The molecule has 0 unspecified atom stereocenters. The van der Waals surface area contributed by atoms with Gasteiger partial charge in [-0.05, 0) is 44.2 Å². The van der Waals surface area contributed by atoms with E-state index in [2.05, 4.69) is 10.5 Å². The van der Waals surface area contributed by atoms with Crippen molar-refractivity contribution in [1.82, 2.24) is 5.43 Å². The Hall–Kier alpha value is -3.42. The van der Waals surface area contributed by atoms with E-state index in [0.29, 0.717) is 22.6 Å². The number of methoxy groups -OCH3 is 1. The number of rotatable bonds is 5. The molecule has 0 saturated carbocycles. The number of nitro benzene ring substituents is 1. The van der Waals surface area contributed by atoms with Gasteiger partial charge in [-0.1, -0.05) is 0 Å². The Morgan fingerprint density at radius 2 is 1.92 bits per heavy atom. The van der Waals surface area contributed by atoms with E-state index in [1.807, 2.05) is 0 Å². The third-order valence-corrected chi connectivity index (χ3v) is 3.58. The van der Waals surface area contributed by atoms with Crippen LogP contribution in [0.5, 0.6) is 11.5 Å². The van der Waals surface area contributed by atoms with Crippen molar-refractivity contribution >= 4 is 17.3 Å². The van der Waals surface area contributed by atoms with Gasteiger partial charge >= 0.3 is 0 Å². The quantitative estimate of drug-likeness (QED) is 0.492. The maximum Gasteiger partial charge on any atom is 0.272 e. The number of carbonyl (C=O) groups excluding carboxylic acids is 1. The number of hydrazone groups is 1. The Kier molecular flexibility index (Phi) is 5.33. The molecule has 0 aromatic heterocycles. The molecule has 0 fully saturated rings. The second-order valence-corrected chi connectivity index (χ2v) is 5.28. The molecule has 2 rings (SSSR count). The summed E-state index contributed by atoms with van der Waals surface area (Å²) in [5.41, 5.74) is 4.18. The van der Waals surface area contributed by atoms with Crippen molar-refractivity contribution in [2.75, 3.05) is 7.11 Å². The molecule has 1 amide bonds. The molecule has 0 aliphatic carbocycles. The minimum Gasteiger partial charge on any atom is -0.504 e. The van der Waals surface area contributed by atoms with E-state index >= 15 is 0 Å². The van der Waals surface area contributed by atoms with Crippen LogP contribution >= 0.6 is 0 Å². The number of aromatic hydroxyl groups is 1. The molecular weight excluding hydrogens is 326 g/mol. The van der Waals surface area contributed by atoms with Gasteiger partial charge in [-0.15, -0.1) is 0 Å². The fraction of sp³-hybridized carbons (Fsp3) is 0.176. The molecule has 0 radical (unpaired) electrons. The zero-order chi connectivity index (χ0) is 18.6. The fourth-order valence-corrected chi connectivity index (χ4v) is 2.17. The minimum atomic E-state index is -0.502. The van der Waals surface area contributed by atoms with Gasteiger partial charge in [0.25, 0.3) is 11.6 Å². The Balaban J connectivity index is 2.16. The number of nitrogens with zero attached hydrogens (tertiary/aromatic N) is 2. The van der Waals surface area contributed by atoms with Crippen LogP contribution in [0.25, 0.3) is 0 Å². The summed E-state index contributed by atoms with van der Waals surface area (Å²) >= 11 is 0. The predicted molar refractivity (Wildman–Crippen MR) is 92.2 cm³/mol. The minimum absolute atomic E-state index is 0.00411. The molecule has 0 aliphatic heterocycles. The molecule has 0 atom stereocenters. The molecule has 0 saturated heterocycles. The molecule has 25 heavy (non-hydrogen) atoms. The highest BCUT2D eigenvalue weighted by atomic mass is 16.6. The summed E-state index contributed by atoms with van der Waals surface area (Å²) in [5.74, 6) is -0.183. The molecule has 0 heterocycles. The van der Waals surface area contributed by atoms with Crippen LogP contribution in [0.4, 0.5) is 5.69 Å². The molecule has 2 aromatic carbocycles. The first-order valence-corrected chi connectivity index (χ1v) is 7.30. The smallest absolute Gasteiger partial charge is 0.272 e. The third kappa shape index (κ3) is 4.11. The maximum atomic E-state index is 12.1. The molecule has 8 nitrogen and oxygen atoms in total. The first kappa shape index (κ1) is 17.9. The van der Waals surface area contributed by atoms with Crippen molar-refractivity contribution in [2.24, 2.45) is 5.10 Å². The number of benzene rings is 2. The van der Waals surface area contributed by atoms with Crippen LogP contribution in [0.1, 0.15) is 28.4 Å². The van der Waals surface area contributed by atoms with Crippen LogP contribution < -0.4 is 10.2 Å². The second kappa shape index (κ2) is 7.43. The van der Waals surface area contributed by atoms with E-state index in [-0.39, 0.29) is 17.0 Å². The van der Waals surface area contributed by atoms with Crippen molar-refractivity contribution < 1.29 is 19.6 Å². The summed E-state index contributed by atoms with van der Waals surface area (Å²) in [6.45, 7) is 3.25. The molecule has 2 N–H and O–H groups in total. The number of aryl methyl sites for hydroxylation is 1. The van der Waals surface area contributed by atoms with E-state index in [1.165, 1.54) is 31.4 Å². The van der Waals surface area contributed by atoms with Crippen LogP contribution in [0, 0.1) is 17.0 Å². The molecule has 0 bridgehead atoms. The van der Waals surface area contributed by atoms with Gasteiger partial charge in [-0.25, -0.2) is 5.43 Å². The molecular formula is C17H17N3O5. The number of ether oxygens (including phenoxy) is 1. The summed E-state index contributed by atoms with van der Waals surface area (Å²) in [7, 11) is 1.43. The van der Waals surface area contributed by atoms with Crippen molar-refractivity contribution in [3.8, 4) is 11.5 Å². The van der Waals surface area contributed by atoms with E-state index in [4.69, 9.17) is 4.74 Å². The lowest BCUT2D eigenvalue weighted by atomic mass is 10.1. The largest absolute Gasteiger partial charge is 0.504 e. The standard InChI is InChI=1S/C17H17N3O5/c1-10-8-13(4-6-14(10)20(23)24)17(22)19-18-11(2)12-5-7-15(21)16(9-12)25-3/h4-9,21H,1-3H3,(H,19,22)/b18-11+. The highest BCUT2D eigenvalue weighted by Gasteiger charge is 2.13. The molecule has 0 aliphatic rings. The third-order valence-electron chi connectivity index (χ3n) is 3.58. The normalized spacial score (nSPS) is 11.1. The monoisotopic (exact) mass is 343 g/mol. The maximum absolute atomic E-state index is 12.1. The number of phenols is 1. The first-order chi connectivity index (χ1) is 11.8. The predicted octanol–water partition coefficient (Wildman–Crippen LogP) is 2.77. The van der Waals surface area contributed by atoms with Gasteiger partial charge in [0, 0.05) is 22.8 Å². The van der Waals surface area contributed by atoms with Gasteiger partial charge in [0.15, 0.2) is 11.5 Å². The highest BCUT2D eigenvalue weighted by Crippen LogP contribution is 2.26. The zero-order valence-corrected chi connectivity index (χ0v) is 13.9. The van der Waals surface area contributed by atoms with Crippen molar-refractivity contribution in [2.45, 2.75) is 13.8 Å². The lowest BCUT2D eigenvalue weighted by Crippen LogP contribution is -2.19. The summed E-state index contributed by atoms with van der Waals surface area (Å²) in [6.07, 6.45) is 0. The first-order valence-electron chi connectivity index (χ1n) is 7.30. The Bertz CT molecular complexity index is 861. The van der Waals surface area contributed by atoms with E-state index in [0.717, 1.165) is 0 Å². The molecule has 8 heteroatoms. The molecule has 130 valence electrons. The van der Waals surface area contributed by atoms with Gasteiger partial charge in [0.2, 0.25) is 0 Å². The second-order valence-electron chi connectivity index (χ2n) is 5.28. The summed E-state index contributed by atoms with van der Waals surface area (Å²) < 4.78 is 5.03. The Morgan fingerprint density at radius 1 is 1.24 bits per heavy atom. The van der Waals surface area contributed by atoms with Gasteiger partial charge in [0.05, 0.1) is 17.7 Å². The number of hydrogen-bond acceptors (Lipinski definition) is 6. The summed E-state index contributed by atoms with van der Waals surface area (Å²) in [6, 6.07) is 8.78. The molecule has 0 spiro atoms. The van der Waals surface area contributed by atoms with Gasteiger partial charge in [-0.3, -0.25) is 14.9 Å². The zero-order valence-electron chi connectivity index (χ0n) is 13.9. The van der Waals surface area contributed by atoms with E-state index < -0.39 is 10.8 Å². The van der Waals surface area contributed by atoms with Crippen molar-refractivity contribution in [1.29, 1.82) is 0 Å². The van der Waals surface area contributed by atoms with Crippen LogP contribution in [-0.4, -0.2) is 28.8 Å².